The summed E-state index contributed by atoms with van der Waals surface area (Å²) in [6.07, 6.45) is 1.94. The second kappa shape index (κ2) is 8.53. The van der Waals surface area contributed by atoms with Gasteiger partial charge in [-0.2, -0.15) is 0 Å². The molecule has 4 N–H and O–H groups in total. The topological polar surface area (TPSA) is 84.5 Å². The first kappa shape index (κ1) is 21.1. The minimum atomic E-state index is -0.159. The Kier molecular flexibility index (Phi) is 5.80. The minimum absolute atomic E-state index is 0.158. The molecule has 160 valence electrons. The molecule has 6 nitrogen and oxygen atoms in total. The molecule has 0 aliphatic heterocycles. The highest BCUT2D eigenvalue weighted by molar-refractivity contribution is 7.13. The Balaban J connectivity index is 1.70. The van der Waals surface area contributed by atoms with E-state index in [1.165, 1.54) is 0 Å². The van der Waals surface area contributed by atoms with E-state index < -0.39 is 0 Å². The Bertz CT molecular complexity index is 1200. The first-order valence-electron chi connectivity index (χ1n) is 10.2. The number of nitrogens with zero attached hydrogens (tertiary/aromatic N) is 2. The van der Waals surface area contributed by atoms with Gasteiger partial charge in [-0.05, 0) is 55.5 Å². The van der Waals surface area contributed by atoms with E-state index >= 15 is 0 Å². The van der Waals surface area contributed by atoms with Crippen molar-refractivity contribution in [3.8, 4) is 10.6 Å². The van der Waals surface area contributed by atoms with Crippen LogP contribution < -0.4 is 16.4 Å². The molecular weight excluding hydrogens is 406 g/mol. The predicted octanol–water partition coefficient (Wildman–Crippen LogP) is 4.66. The van der Waals surface area contributed by atoms with Crippen molar-refractivity contribution >= 4 is 28.7 Å². The second-order valence-corrected chi connectivity index (χ2v) is 9.43. The van der Waals surface area contributed by atoms with Crippen molar-refractivity contribution in [2.24, 2.45) is 5.73 Å². The molecule has 0 saturated carbocycles. The molecule has 0 aliphatic carbocycles. The highest BCUT2D eigenvalue weighted by atomic mass is 32.1. The molecule has 31 heavy (non-hydrogen) atoms. The first-order chi connectivity index (χ1) is 14.9. The molecule has 0 radical (unpaired) electrons. The SMILES string of the molecule is CC(C)(C)Nc1c(-c2cccs2)nc2c(C(=O)NCc3cccc(CN)c3)cccn12. The molecule has 0 saturated heterocycles. The fourth-order valence-corrected chi connectivity index (χ4v) is 4.16. The number of fused-ring (bicyclic) bond motifs is 1. The lowest BCUT2D eigenvalue weighted by atomic mass is 10.1. The number of hydrogen-bond acceptors (Lipinski definition) is 5. The molecule has 4 aromatic rings. The summed E-state index contributed by atoms with van der Waals surface area (Å²) in [7, 11) is 0. The monoisotopic (exact) mass is 433 g/mol. The van der Waals surface area contributed by atoms with Crippen LogP contribution in [0, 0.1) is 0 Å². The Morgan fingerprint density at radius 1 is 1.13 bits per heavy atom. The van der Waals surface area contributed by atoms with Gasteiger partial charge in [0.05, 0.1) is 10.4 Å². The minimum Gasteiger partial charge on any atom is -0.365 e. The summed E-state index contributed by atoms with van der Waals surface area (Å²) in [5, 5.41) is 8.61. The fourth-order valence-electron chi connectivity index (χ4n) is 3.45. The summed E-state index contributed by atoms with van der Waals surface area (Å²) in [5.74, 6) is 0.726. The van der Waals surface area contributed by atoms with Crippen molar-refractivity contribution in [3.63, 3.8) is 0 Å². The number of thiophene rings is 1. The Hall–Kier alpha value is -3.16. The van der Waals surface area contributed by atoms with Crippen molar-refractivity contribution in [3.05, 3.63) is 76.8 Å². The summed E-state index contributed by atoms with van der Waals surface area (Å²) in [6.45, 7) is 7.23. The third-order valence-electron chi connectivity index (χ3n) is 4.82. The zero-order chi connectivity index (χ0) is 22.0. The second-order valence-electron chi connectivity index (χ2n) is 8.48. The molecule has 0 bridgehead atoms. The van der Waals surface area contributed by atoms with E-state index in [2.05, 4.69) is 31.4 Å². The van der Waals surface area contributed by atoms with Gasteiger partial charge in [0.25, 0.3) is 5.91 Å². The number of rotatable bonds is 6. The number of carbonyl (C=O) groups is 1. The Morgan fingerprint density at radius 2 is 1.94 bits per heavy atom. The lowest BCUT2D eigenvalue weighted by Crippen LogP contribution is -2.27. The van der Waals surface area contributed by atoms with Crippen LogP contribution in [0.2, 0.25) is 0 Å². The van der Waals surface area contributed by atoms with Crippen molar-refractivity contribution in [1.29, 1.82) is 0 Å². The maximum Gasteiger partial charge on any atom is 0.255 e. The average Bonchev–Trinajstić information content (AvgIpc) is 3.39. The summed E-state index contributed by atoms with van der Waals surface area (Å²) < 4.78 is 1.96. The van der Waals surface area contributed by atoms with E-state index in [-0.39, 0.29) is 11.4 Å². The molecule has 3 aromatic heterocycles. The van der Waals surface area contributed by atoms with Crippen LogP contribution in [-0.4, -0.2) is 20.8 Å². The third kappa shape index (κ3) is 4.62. The Labute approximate surface area is 186 Å². The maximum absolute atomic E-state index is 13.1. The van der Waals surface area contributed by atoms with Crippen LogP contribution in [0.5, 0.6) is 0 Å². The molecule has 4 rings (SSSR count). The molecule has 1 amide bonds. The quantitative estimate of drug-likeness (QED) is 0.413. The number of hydrogen-bond donors (Lipinski definition) is 3. The number of carbonyl (C=O) groups excluding carboxylic acids is 1. The van der Waals surface area contributed by atoms with E-state index in [9.17, 15) is 4.79 Å². The maximum atomic E-state index is 13.1. The molecule has 0 spiro atoms. The van der Waals surface area contributed by atoms with Gasteiger partial charge in [0.15, 0.2) is 5.65 Å². The normalized spacial score (nSPS) is 11.6. The summed E-state index contributed by atoms with van der Waals surface area (Å²) in [6, 6.07) is 15.7. The standard InChI is InChI=1S/C24H27N5OS/c1-24(2,3)28-22-20(19-10-6-12-31-19)27-21-18(9-5-11-29(21)22)23(30)26-15-17-8-4-7-16(13-17)14-25/h4-13,28H,14-15,25H2,1-3H3,(H,26,30). The highest BCUT2D eigenvalue weighted by Gasteiger charge is 2.22. The smallest absolute Gasteiger partial charge is 0.255 e. The van der Waals surface area contributed by atoms with E-state index in [4.69, 9.17) is 10.7 Å². The van der Waals surface area contributed by atoms with Crippen LogP contribution in [0.3, 0.4) is 0 Å². The van der Waals surface area contributed by atoms with Gasteiger partial charge in [0.2, 0.25) is 0 Å². The van der Waals surface area contributed by atoms with Gasteiger partial charge in [0, 0.05) is 24.8 Å². The number of aromatic nitrogens is 2. The lowest BCUT2D eigenvalue weighted by molar-refractivity contribution is 0.0952. The van der Waals surface area contributed by atoms with Gasteiger partial charge >= 0.3 is 0 Å². The van der Waals surface area contributed by atoms with Crippen molar-refractivity contribution in [2.75, 3.05) is 5.32 Å². The zero-order valence-electron chi connectivity index (χ0n) is 18.0. The average molecular weight is 434 g/mol. The van der Waals surface area contributed by atoms with Crippen LogP contribution in [0.15, 0.2) is 60.1 Å². The number of pyridine rings is 1. The van der Waals surface area contributed by atoms with E-state index in [1.54, 1.807) is 11.3 Å². The first-order valence-corrected chi connectivity index (χ1v) is 11.1. The number of nitrogens with two attached hydrogens (primary N) is 1. The molecule has 0 aliphatic rings. The molecular formula is C24H27N5OS. The summed E-state index contributed by atoms with van der Waals surface area (Å²) >= 11 is 1.63. The summed E-state index contributed by atoms with van der Waals surface area (Å²) in [4.78, 5) is 19.0. The fraction of sp³-hybridized carbons (Fsp3) is 0.250. The molecule has 3 heterocycles. The molecule has 0 unspecified atom stereocenters. The third-order valence-corrected chi connectivity index (χ3v) is 5.70. The zero-order valence-corrected chi connectivity index (χ0v) is 18.8. The summed E-state index contributed by atoms with van der Waals surface area (Å²) in [5.41, 5.74) is 9.64. The molecule has 0 fully saturated rings. The van der Waals surface area contributed by atoms with Crippen LogP contribution in [0.1, 0.15) is 42.3 Å². The van der Waals surface area contributed by atoms with Gasteiger partial charge in [-0.25, -0.2) is 4.98 Å². The van der Waals surface area contributed by atoms with Gasteiger partial charge in [-0.3, -0.25) is 9.20 Å². The highest BCUT2D eigenvalue weighted by Crippen LogP contribution is 2.34. The number of imidazole rings is 1. The van der Waals surface area contributed by atoms with Gasteiger partial charge in [-0.1, -0.05) is 30.3 Å². The van der Waals surface area contributed by atoms with Crippen molar-refractivity contribution in [2.45, 2.75) is 39.4 Å². The van der Waals surface area contributed by atoms with E-state index in [0.29, 0.717) is 24.3 Å². The van der Waals surface area contributed by atoms with Crippen molar-refractivity contribution < 1.29 is 4.79 Å². The number of benzene rings is 1. The van der Waals surface area contributed by atoms with Crippen LogP contribution >= 0.6 is 11.3 Å². The number of amides is 1. The van der Waals surface area contributed by atoms with Crippen LogP contribution in [0.4, 0.5) is 5.82 Å². The largest absolute Gasteiger partial charge is 0.365 e. The Morgan fingerprint density at radius 3 is 2.65 bits per heavy atom. The van der Waals surface area contributed by atoms with Crippen LogP contribution in [0.25, 0.3) is 16.2 Å². The predicted molar refractivity (Wildman–Crippen MR) is 127 cm³/mol. The van der Waals surface area contributed by atoms with Gasteiger partial charge in [-0.15, -0.1) is 11.3 Å². The number of nitrogens with one attached hydrogen (secondary N) is 2. The van der Waals surface area contributed by atoms with Gasteiger partial charge < -0.3 is 16.4 Å². The lowest BCUT2D eigenvalue weighted by Gasteiger charge is -2.22. The van der Waals surface area contributed by atoms with E-state index in [0.717, 1.165) is 27.5 Å². The van der Waals surface area contributed by atoms with Crippen molar-refractivity contribution in [1.82, 2.24) is 14.7 Å². The molecule has 7 heteroatoms. The number of anilines is 1. The van der Waals surface area contributed by atoms with Crippen LogP contribution in [-0.2, 0) is 13.1 Å². The van der Waals surface area contributed by atoms with E-state index in [1.807, 2.05) is 64.5 Å². The molecule has 0 atom stereocenters. The molecule has 1 aromatic carbocycles. The van der Waals surface area contributed by atoms with Gasteiger partial charge in [0.1, 0.15) is 11.5 Å².